The first-order chi connectivity index (χ1) is 2.00. The van der Waals surface area contributed by atoms with Gasteiger partial charge in [-0.25, -0.2) is 0 Å². The van der Waals surface area contributed by atoms with Gasteiger partial charge in [-0.3, -0.25) is 4.70 Å². The Kier molecular flexibility index (Phi) is 10.9. The van der Waals surface area contributed by atoms with Crippen LogP contribution in [0.3, 0.4) is 0 Å². The molecule has 0 atom stereocenters. The first-order valence-electron chi connectivity index (χ1n) is 0.873. The van der Waals surface area contributed by atoms with E-state index in [1.807, 2.05) is 0 Å². The van der Waals surface area contributed by atoms with Crippen LogP contribution >= 0.6 is 0 Å². The fourth-order valence-electron chi connectivity index (χ4n) is 0. The predicted octanol–water partition coefficient (Wildman–Crippen LogP) is 0.804. The van der Waals surface area contributed by atoms with Crippen molar-refractivity contribution >= 4 is 36.8 Å². The molecule has 0 aromatic heterocycles. The molecule has 0 aromatic carbocycles. The molecule has 0 spiro atoms. The maximum atomic E-state index is 9.75. The molecule has 0 aliphatic heterocycles. The second-order valence-electron chi connectivity index (χ2n) is 0.495. The zero-order valence-electron chi connectivity index (χ0n) is 2.50. The minimum absolute atomic E-state index is 0. The summed E-state index contributed by atoms with van der Waals surface area (Å²) in [6.07, 6.45) is 0. The predicted molar refractivity (Wildman–Crippen MR) is 19.8 cm³/mol. The number of hydrogen-bond acceptors (Lipinski definition) is 0. The van der Waals surface area contributed by atoms with E-state index in [4.69, 9.17) is 0 Å². The van der Waals surface area contributed by atoms with Crippen molar-refractivity contribution in [1.82, 2.24) is 0 Å². The van der Waals surface area contributed by atoms with Crippen LogP contribution in [-0.2, 0) is 0 Å². The molecule has 0 amide bonds. The van der Waals surface area contributed by atoms with Crippen molar-refractivity contribution in [2.24, 2.45) is 0 Å². The first-order valence-corrected chi connectivity index (χ1v) is 0.873. The van der Waals surface area contributed by atoms with E-state index in [0.29, 0.717) is 0 Å². The van der Waals surface area contributed by atoms with Crippen LogP contribution < -0.4 is 0 Å². The third-order valence-electron chi connectivity index (χ3n) is 0. The number of halogens is 5. The van der Waals surface area contributed by atoms with Crippen LogP contribution in [0.15, 0.2) is 0 Å². The summed E-state index contributed by atoms with van der Waals surface area (Å²) < 4.78 is 39.0. The van der Waals surface area contributed by atoms with E-state index in [0.717, 1.165) is 0 Å². The van der Waals surface area contributed by atoms with E-state index in [-0.39, 0.29) is 34.3 Å². The molecule has 42 valence electrons. The van der Waals surface area contributed by atoms with Crippen LogP contribution in [-0.4, -0.2) is 36.8 Å². The van der Waals surface area contributed by atoms with E-state index in [1.165, 1.54) is 0 Å². The van der Waals surface area contributed by atoms with Gasteiger partial charge in [-0.15, -0.1) is 0 Å². The zero-order chi connectivity index (χ0) is 4.50. The van der Waals surface area contributed by atoms with Gasteiger partial charge in [0, 0.05) is 0 Å². The molecule has 0 aliphatic carbocycles. The van der Waals surface area contributed by atoms with Gasteiger partial charge in [0.1, 0.15) is 0 Å². The topological polar surface area (TPSA) is 0 Å². The molecule has 0 nitrogen and oxygen atoms in total. The van der Waals surface area contributed by atoms with Gasteiger partial charge in [-0.2, -0.15) is 0 Å². The molecule has 0 bridgehead atoms. The minimum atomic E-state index is -6.00. The second kappa shape index (κ2) is 4.86. The second-order valence-corrected chi connectivity index (χ2v) is 0.495. The van der Waals surface area contributed by atoms with Gasteiger partial charge in [-0.1, -0.05) is 0 Å². The zero-order valence-corrected chi connectivity index (χ0v) is 2.50. The van der Waals surface area contributed by atoms with E-state index in [9.17, 15) is 17.3 Å². The quantitative estimate of drug-likeness (QED) is 0.337. The SMILES string of the molecule is F.F[B-](F)(F)F.[NaH]. The molecule has 0 fully saturated rings. The van der Waals surface area contributed by atoms with Gasteiger partial charge in [-0.05, 0) is 0 Å². The van der Waals surface area contributed by atoms with Crippen molar-refractivity contribution in [2.45, 2.75) is 0 Å². The number of hydrogen-bond donors (Lipinski definition) is 0. The molecule has 0 unspecified atom stereocenters. The molecule has 7 heavy (non-hydrogen) atoms. The van der Waals surface area contributed by atoms with Crippen molar-refractivity contribution in [3.63, 3.8) is 0 Å². The summed E-state index contributed by atoms with van der Waals surface area (Å²) in [4.78, 5) is 0. The molecule has 0 heterocycles. The first kappa shape index (κ1) is 15.6. The Hall–Kier alpha value is 0.715. The fourth-order valence-corrected chi connectivity index (χ4v) is 0. The normalized spacial score (nSPS) is 8.57. The Balaban J connectivity index is -0.0000000800. The van der Waals surface area contributed by atoms with Crippen LogP contribution in [0.2, 0.25) is 0 Å². The van der Waals surface area contributed by atoms with Gasteiger partial charge in [0.05, 0.1) is 0 Å². The average molecular weight is 131 g/mol. The third kappa shape index (κ3) is 292. The Labute approximate surface area is 59.0 Å². The molecule has 0 rings (SSSR count). The molecule has 0 aliphatic rings. The van der Waals surface area contributed by atoms with Crippen LogP contribution in [0.1, 0.15) is 0 Å². The Bertz CT molecular complexity index is 23.6. The fraction of sp³-hybridized carbons (Fsp3) is 0. The summed E-state index contributed by atoms with van der Waals surface area (Å²) in [5.41, 5.74) is 0. The monoisotopic (exact) mass is 131 g/mol. The van der Waals surface area contributed by atoms with E-state index >= 15 is 0 Å². The summed E-state index contributed by atoms with van der Waals surface area (Å²) in [7, 11) is -6.00. The molecule has 0 saturated carbocycles. The molecular weight excluding hydrogens is 129 g/mol. The van der Waals surface area contributed by atoms with Crippen molar-refractivity contribution in [2.75, 3.05) is 0 Å². The summed E-state index contributed by atoms with van der Waals surface area (Å²) in [6, 6.07) is 0. The number of rotatable bonds is 0. The van der Waals surface area contributed by atoms with Crippen molar-refractivity contribution in [3.8, 4) is 0 Å². The van der Waals surface area contributed by atoms with Gasteiger partial charge in [0.25, 0.3) is 0 Å². The molecular formula is H2BF5Na-. The van der Waals surface area contributed by atoms with Gasteiger partial charge >= 0.3 is 36.8 Å². The molecule has 0 saturated heterocycles. The summed E-state index contributed by atoms with van der Waals surface area (Å²) >= 11 is 0. The van der Waals surface area contributed by atoms with Gasteiger partial charge < -0.3 is 17.3 Å². The van der Waals surface area contributed by atoms with E-state index in [2.05, 4.69) is 0 Å². The average Bonchev–Trinajstić information content (AvgIpc) is 0.722. The van der Waals surface area contributed by atoms with Gasteiger partial charge in [0.15, 0.2) is 0 Å². The van der Waals surface area contributed by atoms with Crippen LogP contribution in [0.5, 0.6) is 0 Å². The van der Waals surface area contributed by atoms with Crippen molar-refractivity contribution in [3.05, 3.63) is 0 Å². The molecule has 0 aromatic rings. The standard InChI is InChI=1S/BF4.FH.Na.H/c2-1(3,4)5;;;/h;1H;;/q-1;;;. The van der Waals surface area contributed by atoms with Crippen LogP contribution in [0.4, 0.5) is 22.0 Å². The van der Waals surface area contributed by atoms with Crippen molar-refractivity contribution < 1.29 is 22.0 Å². The van der Waals surface area contributed by atoms with Crippen LogP contribution in [0.25, 0.3) is 0 Å². The van der Waals surface area contributed by atoms with E-state index < -0.39 is 7.25 Å². The van der Waals surface area contributed by atoms with Gasteiger partial charge in [0.2, 0.25) is 0 Å². The van der Waals surface area contributed by atoms with Crippen molar-refractivity contribution in [1.29, 1.82) is 0 Å². The Morgan fingerprint density at radius 3 is 0.857 bits per heavy atom. The molecule has 7 heteroatoms. The molecule has 0 N–H and O–H groups in total. The summed E-state index contributed by atoms with van der Waals surface area (Å²) in [5, 5.41) is 0. The third-order valence-corrected chi connectivity index (χ3v) is 0. The Morgan fingerprint density at radius 1 is 0.857 bits per heavy atom. The summed E-state index contributed by atoms with van der Waals surface area (Å²) in [6.45, 7) is 0. The maximum absolute atomic E-state index is 9.75. The summed E-state index contributed by atoms with van der Waals surface area (Å²) in [5.74, 6) is 0. The van der Waals surface area contributed by atoms with E-state index in [1.54, 1.807) is 0 Å². The van der Waals surface area contributed by atoms with Crippen LogP contribution in [0, 0.1) is 0 Å². The molecule has 0 radical (unpaired) electrons. The Morgan fingerprint density at radius 2 is 0.857 bits per heavy atom.